The number of hydrogen-bond acceptors (Lipinski definition) is 8. The quantitative estimate of drug-likeness (QED) is 0.162. The number of rotatable bonds is 10. The van der Waals surface area contributed by atoms with E-state index < -0.39 is 94.6 Å². The molecule has 0 aromatic carbocycles. The monoisotopic (exact) mass is 886 g/mol. The van der Waals surface area contributed by atoms with Crippen LogP contribution in [0.2, 0.25) is 0 Å². The van der Waals surface area contributed by atoms with Crippen LogP contribution in [0.25, 0.3) is 0 Å². The van der Waals surface area contributed by atoms with Gasteiger partial charge in [0.05, 0.1) is 0 Å². The summed E-state index contributed by atoms with van der Waals surface area (Å²) in [6.07, 6.45) is -20.2. The van der Waals surface area contributed by atoms with E-state index in [0.29, 0.717) is 18.7 Å². The van der Waals surface area contributed by atoms with Gasteiger partial charge in [0.2, 0.25) is 35.4 Å². The first kappa shape index (κ1) is 61.4. The lowest BCUT2D eigenvalue weighted by Gasteiger charge is -2.29. The molecule has 59 heavy (non-hydrogen) atoms. The highest BCUT2D eigenvalue weighted by atomic mass is 19.4. The van der Waals surface area contributed by atoms with Crippen LogP contribution in [0, 0.1) is 27.6 Å². The van der Waals surface area contributed by atoms with Crippen LogP contribution < -0.4 is 21.3 Å². The Kier molecular flexibility index (Phi) is 24.4. The van der Waals surface area contributed by atoms with E-state index in [0.717, 1.165) is 20.3 Å². The average Bonchev–Trinajstić information content (AvgIpc) is 3.05. The van der Waals surface area contributed by atoms with Crippen molar-refractivity contribution in [2.45, 2.75) is 147 Å². The van der Waals surface area contributed by atoms with Gasteiger partial charge in [-0.25, -0.2) is 0 Å². The highest BCUT2D eigenvalue weighted by molar-refractivity contribution is 6.01. The number of carbonyl (C=O) groups excluding carboxylic acids is 8. The first-order chi connectivity index (χ1) is 25.9. The van der Waals surface area contributed by atoms with Gasteiger partial charge in [-0.2, -0.15) is 52.7 Å². The summed E-state index contributed by atoms with van der Waals surface area (Å²) in [6, 6.07) is 0. The van der Waals surface area contributed by atoms with Crippen LogP contribution in [-0.2, 0) is 38.4 Å². The van der Waals surface area contributed by atoms with Gasteiger partial charge in [0, 0.05) is 24.2 Å². The molecule has 0 aromatic heterocycles. The summed E-state index contributed by atoms with van der Waals surface area (Å²) < 4.78 is 146. The van der Waals surface area contributed by atoms with Crippen molar-refractivity contribution in [1.29, 1.82) is 0 Å². The molecule has 0 fully saturated rings. The van der Waals surface area contributed by atoms with Crippen molar-refractivity contribution in [3.8, 4) is 0 Å². The third-order valence-corrected chi connectivity index (χ3v) is 8.77. The summed E-state index contributed by atoms with van der Waals surface area (Å²) in [6.45, 7) is 18.4. The summed E-state index contributed by atoms with van der Waals surface area (Å²) >= 11 is 0. The number of imide groups is 4. The number of alkyl halides is 12. The minimum absolute atomic E-state index is 0.0124. The van der Waals surface area contributed by atoms with Crippen molar-refractivity contribution in [2.75, 3.05) is 0 Å². The third-order valence-electron chi connectivity index (χ3n) is 8.77. The number of hydrogen-bond donors (Lipinski definition) is 4. The number of nitrogens with one attached hydrogen (secondary N) is 4. The van der Waals surface area contributed by atoms with E-state index in [2.05, 4.69) is 5.32 Å². The molecular formula is C35H54F12N4O8. The maximum Gasteiger partial charge on any atom is 0.471 e. The van der Waals surface area contributed by atoms with Gasteiger partial charge in [-0.3, -0.25) is 59.6 Å². The average molecular weight is 887 g/mol. The molecule has 2 atom stereocenters. The second-order valence-corrected chi connectivity index (χ2v) is 14.9. The lowest BCUT2D eigenvalue weighted by Crippen LogP contribution is -2.52. The summed E-state index contributed by atoms with van der Waals surface area (Å²) in [4.78, 5) is 87.3. The third kappa shape index (κ3) is 21.5. The molecule has 2 unspecified atom stereocenters. The van der Waals surface area contributed by atoms with E-state index in [1.54, 1.807) is 20.8 Å². The lowest BCUT2D eigenvalue weighted by molar-refractivity contribution is -0.219. The minimum atomic E-state index is -5.41. The van der Waals surface area contributed by atoms with Gasteiger partial charge in [0.15, 0.2) is 0 Å². The van der Waals surface area contributed by atoms with Gasteiger partial charge < -0.3 is 0 Å². The van der Waals surface area contributed by atoms with E-state index in [1.165, 1.54) is 33.0 Å². The Labute approximate surface area is 334 Å². The predicted octanol–water partition coefficient (Wildman–Crippen LogP) is 7.54. The maximum absolute atomic E-state index is 12.7. The molecule has 8 amide bonds. The Hall–Kier alpha value is -4.28. The molecule has 0 rings (SSSR count). The van der Waals surface area contributed by atoms with Crippen LogP contribution in [0.1, 0.15) is 122 Å². The highest BCUT2D eigenvalue weighted by Crippen LogP contribution is 2.42. The molecule has 12 nitrogen and oxygen atoms in total. The van der Waals surface area contributed by atoms with E-state index in [9.17, 15) is 91.0 Å². The molecular weight excluding hydrogens is 832 g/mol. The predicted molar refractivity (Wildman–Crippen MR) is 187 cm³/mol. The van der Waals surface area contributed by atoms with Crippen molar-refractivity contribution >= 4 is 47.3 Å². The van der Waals surface area contributed by atoms with Gasteiger partial charge in [0.25, 0.3) is 0 Å². The summed E-state index contributed by atoms with van der Waals surface area (Å²) in [5.74, 6) is -10.3. The van der Waals surface area contributed by atoms with Crippen LogP contribution in [0.3, 0.4) is 0 Å². The van der Waals surface area contributed by atoms with Crippen molar-refractivity contribution in [2.24, 2.45) is 27.6 Å². The van der Waals surface area contributed by atoms with Crippen LogP contribution in [-0.4, -0.2) is 72.0 Å². The SMILES string of the molecule is CCC(C)(C(=O)NC(=O)C(F)(F)F)C(F)(F)F.CCC(C)(C(=O)NC(=O)CC(C)C)C(F)(F)F.CCC(C)(C)C(=O)NC(=O)C(F)(F)F.CCC(C)(C)C(=O)NC(C)=O. The van der Waals surface area contributed by atoms with Crippen molar-refractivity contribution < 1.29 is 91.0 Å². The van der Waals surface area contributed by atoms with Crippen molar-refractivity contribution in [1.82, 2.24) is 21.3 Å². The smallest absolute Gasteiger partial charge is 0.296 e. The minimum Gasteiger partial charge on any atom is -0.296 e. The van der Waals surface area contributed by atoms with Crippen LogP contribution in [0.5, 0.6) is 0 Å². The van der Waals surface area contributed by atoms with Crippen LogP contribution in [0.15, 0.2) is 0 Å². The zero-order chi connectivity index (χ0) is 48.6. The Morgan fingerprint density at radius 1 is 0.424 bits per heavy atom. The molecule has 24 heteroatoms. The molecule has 0 heterocycles. The lowest BCUT2D eigenvalue weighted by atomic mass is 9.85. The topological polar surface area (TPSA) is 185 Å². The van der Waals surface area contributed by atoms with Crippen LogP contribution >= 0.6 is 0 Å². The molecule has 0 spiro atoms. The second-order valence-electron chi connectivity index (χ2n) is 14.9. The number of amides is 8. The molecule has 0 radical (unpaired) electrons. The fraction of sp³-hybridized carbons (Fsp3) is 0.771. The normalized spacial score (nSPS) is 14.1. The molecule has 346 valence electrons. The Morgan fingerprint density at radius 2 is 0.695 bits per heavy atom. The molecule has 0 aromatic rings. The maximum atomic E-state index is 12.7. The first-order valence-electron chi connectivity index (χ1n) is 17.6. The Balaban J connectivity index is -0.000000346. The van der Waals surface area contributed by atoms with Crippen molar-refractivity contribution in [3.63, 3.8) is 0 Å². The van der Waals surface area contributed by atoms with Gasteiger partial charge in [-0.05, 0) is 45.4 Å². The standard InChI is InChI=1S/C11H18F3NO2.C8H9F6NO2.C8H12F3NO2.C8H15NO2/c1-5-10(4,11(12,13)14)9(17)15-8(16)6-7(2)3;1-3-6(2,8(12,13)14)4(16)15-5(17)7(9,10)11;1-4-7(2,3)5(13)12-6(14)8(9,10)11;1-5-8(3,4)7(11)9-6(2)10/h7H,5-6H2,1-4H3,(H,15,16,17);3H2,1-2H3,(H,15,16,17);4H2,1-3H3,(H,12,13,14);5H2,1-4H3,(H,9,10,11). The Morgan fingerprint density at radius 3 is 0.915 bits per heavy atom. The largest absolute Gasteiger partial charge is 0.471 e. The van der Waals surface area contributed by atoms with Gasteiger partial charge in [0.1, 0.15) is 10.8 Å². The summed E-state index contributed by atoms with van der Waals surface area (Å²) in [5, 5.41) is 6.07. The number of carbonyl (C=O) groups is 8. The zero-order valence-corrected chi connectivity index (χ0v) is 34.9. The van der Waals surface area contributed by atoms with E-state index in [4.69, 9.17) is 0 Å². The Bertz CT molecular complexity index is 1470. The molecule has 0 saturated heterocycles. The van der Waals surface area contributed by atoms with Crippen molar-refractivity contribution in [3.05, 3.63) is 0 Å². The molecule has 0 aliphatic rings. The summed E-state index contributed by atoms with van der Waals surface area (Å²) in [7, 11) is 0. The van der Waals surface area contributed by atoms with Gasteiger partial charge in [-0.15, -0.1) is 0 Å². The van der Waals surface area contributed by atoms with E-state index in [-0.39, 0.29) is 24.2 Å². The van der Waals surface area contributed by atoms with E-state index in [1.807, 2.05) is 26.1 Å². The fourth-order valence-electron chi connectivity index (χ4n) is 2.97. The van der Waals surface area contributed by atoms with E-state index >= 15 is 0 Å². The van der Waals surface area contributed by atoms with Gasteiger partial charge >= 0.3 is 36.5 Å². The zero-order valence-electron chi connectivity index (χ0n) is 34.9. The first-order valence-corrected chi connectivity index (χ1v) is 17.6. The molecule has 0 bridgehead atoms. The molecule has 4 N–H and O–H groups in total. The second kappa shape index (κ2) is 23.5. The summed E-state index contributed by atoms with van der Waals surface area (Å²) in [5.41, 5.74) is -6.96. The molecule has 0 saturated carbocycles. The highest BCUT2D eigenvalue weighted by Gasteiger charge is 2.57. The molecule has 0 aliphatic heterocycles. The number of halogens is 12. The van der Waals surface area contributed by atoms with Crippen LogP contribution in [0.4, 0.5) is 52.7 Å². The fourth-order valence-corrected chi connectivity index (χ4v) is 2.97. The van der Waals surface area contributed by atoms with Gasteiger partial charge in [-0.1, -0.05) is 69.2 Å². The molecule has 0 aliphatic carbocycles.